The number of carbonyl (C=O) groups excluding carboxylic acids is 1. The minimum absolute atomic E-state index is 0.0511. The standard InChI is InChI=1S/C8H7N2O3/c11-8-5-12-6-10(8)9-4-7-2-1-3-13-7/h1-4,6H,5H2/q-1. The van der Waals surface area contributed by atoms with Crippen LogP contribution in [0.2, 0.25) is 0 Å². The molecule has 5 nitrogen and oxygen atoms in total. The van der Waals surface area contributed by atoms with Gasteiger partial charge in [-0.2, -0.15) is 0 Å². The van der Waals surface area contributed by atoms with E-state index in [0.717, 1.165) is 5.01 Å². The Morgan fingerprint density at radius 2 is 2.62 bits per heavy atom. The highest BCUT2D eigenvalue weighted by atomic mass is 16.5. The predicted octanol–water partition coefficient (Wildman–Crippen LogP) is 0.592. The van der Waals surface area contributed by atoms with E-state index >= 15 is 0 Å². The molecule has 0 unspecified atom stereocenters. The third kappa shape index (κ3) is 1.75. The Morgan fingerprint density at radius 3 is 3.23 bits per heavy atom. The Bertz CT molecular complexity index is 318. The molecule has 2 rings (SSSR count). The number of furan rings is 1. The van der Waals surface area contributed by atoms with Crippen molar-refractivity contribution < 1.29 is 13.9 Å². The van der Waals surface area contributed by atoms with Crippen LogP contribution in [0.4, 0.5) is 0 Å². The lowest BCUT2D eigenvalue weighted by Crippen LogP contribution is -2.16. The third-order valence-electron chi connectivity index (χ3n) is 1.49. The van der Waals surface area contributed by atoms with E-state index in [4.69, 9.17) is 9.15 Å². The second kappa shape index (κ2) is 3.40. The predicted molar refractivity (Wildman–Crippen MR) is 43.4 cm³/mol. The Morgan fingerprint density at radius 1 is 1.69 bits per heavy atom. The van der Waals surface area contributed by atoms with Gasteiger partial charge in [-0.3, -0.25) is 4.79 Å². The molecule has 0 bridgehead atoms. The maximum Gasteiger partial charge on any atom is 0.238 e. The van der Waals surface area contributed by atoms with Crippen molar-refractivity contribution in [2.24, 2.45) is 5.10 Å². The molecule has 0 N–H and O–H groups in total. The molecule has 0 aliphatic carbocycles. The maximum absolute atomic E-state index is 11.0. The average molecular weight is 179 g/mol. The minimum Gasteiger partial charge on any atom is -0.522 e. The van der Waals surface area contributed by atoms with Crippen LogP contribution < -0.4 is 0 Å². The molecule has 2 heterocycles. The van der Waals surface area contributed by atoms with Gasteiger partial charge in [0.2, 0.25) is 5.91 Å². The van der Waals surface area contributed by atoms with E-state index in [0.29, 0.717) is 5.76 Å². The number of hydrogen-bond acceptors (Lipinski definition) is 4. The summed E-state index contributed by atoms with van der Waals surface area (Å²) in [5.41, 5.74) is 0. The first kappa shape index (κ1) is 8.00. The lowest BCUT2D eigenvalue weighted by molar-refractivity contribution is -0.126. The van der Waals surface area contributed by atoms with Gasteiger partial charge in [0.25, 0.3) is 0 Å². The molecule has 1 saturated heterocycles. The van der Waals surface area contributed by atoms with E-state index in [9.17, 15) is 4.79 Å². The highest BCUT2D eigenvalue weighted by Gasteiger charge is 2.09. The minimum atomic E-state index is -0.192. The highest BCUT2D eigenvalue weighted by molar-refractivity contribution is 5.82. The normalized spacial score (nSPS) is 17.5. The summed E-state index contributed by atoms with van der Waals surface area (Å²) in [7, 11) is 0. The second-order valence-electron chi connectivity index (χ2n) is 2.41. The Labute approximate surface area is 74.6 Å². The van der Waals surface area contributed by atoms with Crippen molar-refractivity contribution in [1.82, 2.24) is 5.01 Å². The van der Waals surface area contributed by atoms with E-state index < -0.39 is 0 Å². The molecular formula is C8H7N2O3-. The molecule has 1 aromatic rings. The topological polar surface area (TPSA) is 55.0 Å². The van der Waals surface area contributed by atoms with Crippen molar-refractivity contribution in [2.45, 2.75) is 0 Å². The van der Waals surface area contributed by atoms with E-state index in [1.54, 1.807) is 12.1 Å². The smallest absolute Gasteiger partial charge is 0.238 e. The molecule has 0 atom stereocenters. The van der Waals surface area contributed by atoms with Gasteiger partial charge in [-0.15, -0.1) is 0 Å². The van der Waals surface area contributed by atoms with E-state index in [-0.39, 0.29) is 12.5 Å². The van der Waals surface area contributed by atoms with Crippen molar-refractivity contribution in [3.63, 3.8) is 0 Å². The number of amides is 1. The molecule has 0 aromatic carbocycles. The van der Waals surface area contributed by atoms with E-state index in [2.05, 4.69) is 5.10 Å². The molecule has 68 valence electrons. The summed E-state index contributed by atoms with van der Waals surface area (Å²) < 4.78 is 9.73. The van der Waals surface area contributed by atoms with Crippen LogP contribution in [0.1, 0.15) is 5.76 Å². The summed E-state index contributed by atoms with van der Waals surface area (Å²) in [6.07, 6.45) is 2.98. The van der Waals surface area contributed by atoms with Gasteiger partial charge in [0.1, 0.15) is 5.76 Å². The maximum atomic E-state index is 11.0. The highest BCUT2D eigenvalue weighted by Crippen LogP contribution is 2.06. The van der Waals surface area contributed by atoms with Crippen molar-refractivity contribution in [2.75, 3.05) is 6.61 Å². The number of rotatable bonds is 2. The quantitative estimate of drug-likeness (QED) is 0.493. The first-order valence-corrected chi connectivity index (χ1v) is 3.71. The van der Waals surface area contributed by atoms with Gasteiger partial charge in [-0.25, -0.2) is 5.10 Å². The van der Waals surface area contributed by atoms with Gasteiger partial charge in [-0.05, 0) is 12.1 Å². The number of hydrogen-bond donors (Lipinski definition) is 0. The summed E-state index contributed by atoms with van der Waals surface area (Å²) in [4.78, 5) is 11.0. The monoisotopic (exact) mass is 179 g/mol. The first-order valence-electron chi connectivity index (χ1n) is 3.71. The summed E-state index contributed by atoms with van der Waals surface area (Å²) >= 11 is 0. The molecule has 1 aliphatic heterocycles. The molecule has 0 radical (unpaired) electrons. The number of ether oxygens (including phenoxy) is 1. The molecule has 1 aromatic heterocycles. The lowest BCUT2D eigenvalue weighted by atomic mass is 10.5. The Hall–Kier alpha value is -1.62. The summed E-state index contributed by atoms with van der Waals surface area (Å²) in [6, 6.07) is 3.48. The van der Waals surface area contributed by atoms with Gasteiger partial charge in [-0.1, -0.05) is 6.73 Å². The summed E-state index contributed by atoms with van der Waals surface area (Å²) in [5, 5.41) is 4.96. The zero-order chi connectivity index (χ0) is 9.10. The zero-order valence-electron chi connectivity index (χ0n) is 6.71. The average Bonchev–Trinajstić information content (AvgIpc) is 2.72. The molecule has 1 amide bonds. The second-order valence-corrected chi connectivity index (χ2v) is 2.41. The van der Waals surface area contributed by atoms with Gasteiger partial charge < -0.3 is 14.2 Å². The number of hydrazone groups is 1. The Balaban J connectivity index is 2.01. The van der Waals surface area contributed by atoms with Crippen LogP contribution in [0.5, 0.6) is 0 Å². The first-order chi connectivity index (χ1) is 6.36. The van der Waals surface area contributed by atoms with Crippen LogP contribution in [0.15, 0.2) is 27.9 Å². The molecule has 5 heteroatoms. The van der Waals surface area contributed by atoms with Crippen LogP contribution in [0, 0.1) is 6.73 Å². The lowest BCUT2D eigenvalue weighted by Gasteiger charge is -2.15. The molecule has 1 fully saturated rings. The van der Waals surface area contributed by atoms with Gasteiger partial charge in [0, 0.05) is 0 Å². The fourth-order valence-electron chi connectivity index (χ4n) is 0.880. The van der Waals surface area contributed by atoms with Crippen LogP contribution in [-0.4, -0.2) is 23.7 Å². The SMILES string of the molecule is O=C1CO[CH-]N1N=Cc1ccco1. The van der Waals surface area contributed by atoms with Gasteiger partial charge >= 0.3 is 0 Å². The molecule has 13 heavy (non-hydrogen) atoms. The van der Waals surface area contributed by atoms with Crippen LogP contribution in [0.3, 0.4) is 0 Å². The van der Waals surface area contributed by atoms with Crippen molar-refractivity contribution >= 4 is 12.1 Å². The van der Waals surface area contributed by atoms with Crippen molar-refractivity contribution in [3.8, 4) is 0 Å². The molecule has 0 saturated carbocycles. The largest absolute Gasteiger partial charge is 0.522 e. The molecular weight excluding hydrogens is 172 g/mol. The van der Waals surface area contributed by atoms with Gasteiger partial charge in [0.15, 0.2) is 0 Å². The molecule has 1 aliphatic rings. The van der Waals surface area contributed by atoms with Crippen LogP contribution in [0.25, 0.3) is 0 Å². The van der Waals surface area contributed by atoms with E-state index in [1.807, 2.05) is 0 Å². The number of carbonyl (C=O) groups is 1. The Kier molecular flexibility index (Phi) is 2.09. The number of nitrogens with zero attached hydrogens (tertiary/aromatic N) is 2. The van der Waals surface area contributed by atoms with Crippen LogP contribution >= 0.6 is 0 Å². The summed E-state index contributed by atoms with van der Waals surface area (Å²) in [5.74, 6) is 0.399. The van der Waals surface area contributed by atoms with Crippen LogP contribution in [-0.2, 0) is 9.53 Å². The van der Waals surface area contributed by atoms with Crippen molar-refractivity contribution in [1.29, 1.82) is 0 Å². The van der Waals surface area contributed by atoms with Gasteiger partial charge in [0.05, 0.1) is 19.1 Å². The summed E-state index contributed by atoms with van der Waals surface area (Å²) in [6.45, 7) is 1.32. The fourth-order valence-corrected chi connectivity index (χ4v) is 0.880. The van der Waals surface area contributed by atoms with E-state index in [1.165, 1.54) is 19.2 Å². The molecule has 0 spiro atoms. The zero-order valence-corrected chi connectivity index (χ0v) is 6.71. The fraction of sp³-hybridized carbons (Fsp3) is 0.125. The van der Waals surface area contributed by atoms with Crippen molar-refractivity contribution in [3.05, 3.63) is 30.9 Å². The third-order valence-corrected chi connectivity index (χ3v) is 1.49.